The Labute approximate surface area is 227 Å². The molecule has 38 heavy (non-hydrogen) atoms. The Kier molecular flexibility index (Phi) is 7.35. The van der Waals surface area contributed by atoms with Crippen LogP contribution in [-0.4, -0.2) is 22.7 Å². The van der Waals surface area contributed by atoms with Gasteiger partial charge in [0, 0.05) is 40.9 Å². The molecule has 5 rings (SSSR count). The second-order valence-electron chi connectivity index (χ2n) is 11.9. The molecule has 1 saturated heterocycles. The maximum atomic E-state index is 14.3. The number of fused-ring (bicyclic) bond motifs is 1. The number of aromatic amines is 1. The Morgan fingerprint density at radius 2 is 1.89 bits per heavy atom. The van der Waals surface area contributed by atoms with Crippen molar-refractivity contribution in [1.29, 1.82) is 0 Å². The van der Waals surface area contributed by atoms with Gasteiger partial charge in [-0.2, -0.15) is 0 Å². The van der Waals surface area contributed by atoms with E-state index in [1.807, 2.05) is 12.1 Å². The van der Waals surface area contributed by atoms with Gasteiger partial charge in [-0.05, 0) is 69.1 Å². The molecule has 1 aromatic carbocycles. The van der Waals surface area contributed by atoms with E-state index in [0.717, 1.165) is 31.2 Å². The summed E-state index contributed by atoms with van der Waals surface area (Å²) in [5.74, 6) is 0.0998. The predicted molar refractivity (Wildman–Crippen MR) is 156 cm³/mol. The topological polar surface area (TPSA) is 62.0 Å². The second kappa shape index (κ2) is 10.6. The van der Waals surface area contributed by atoms with Crippen molar-refractivity contribution < 1.29 is 9.59 Å². The van der Waals surface area contributed by atoms with Gasteiger partial charge in [0.2, 0.25) is 5.91 Å². The van der Waals surface area contributed by atoms with Crippen molar-refractivity contribution in [3.05, 3.63) is 83.6 Å². The molecule has 1 aliphatic heterocycles. The lowest BCUT2D eigenvalue weighted by atomic mass is 9.53. The molecule has 0 saturated carbocycles. The summed E-state index contributed by atoms with van der Waals surface area (Å²) in [5.41, 5.74) is 3.81. The number of para-hydroxylation sites is 1. The van der Waals surface area contributed by atoms with E-state index in [4.69, 9.17) is 0 Å². The van der Waals surface area contributed by atoms with Crippen LogP contribution in [0.1, 0.15) is 71.8 Å². The van der Waals surface area contributed by atoms with Crippen molar-refractivity contribution in [3.8, 4) is 0 Å². The number of allylic oxidation sites excluding steroid dienone is 8. The lowest BCUT2D eigenvalue weighted by Gasteiger charge is -2.46. The van der Waals surface area contributed by atoms with Gasteiger partial charge < -0.3 is 10.3 Å². The molecule has 1 spiro atoms. The summed E-state index contributed by atoms with van der Waals surface area (Å²) in [6.07, 6.45) is 18.3. The van der Waals surface area contributed by atoms with Gasteiger partial charge in [-0.15, -0.1) is 0 Å². The molecule has 4 nitrogen and oxygen atoms in total. The standard InChI is InChI=1S/C34H42N2O2/c1-6-26-23(4)19-25-14-11-13-22(3)18-21(2)12-7-10-17-30(37)34(25)31(26)32(36-33(34)38)24(5)28-20-35-29-16-9-8-15-27(28)29/h8-11,14-20,22,24-26,31-32,35H,6-7,12-13H2,1-5H3,(H,36,38)/b14-11-,17-10-,21-18+/t22-,24+,25-,26+,31-,32-,34+/m0/s1. The zero-order valence-electron chi connectivity index (χ0n) is 23.5. The number of hydrogen-bond donors (Lipinski definition) is 2. The summed E-state index contributed by atoms with van der Waals surface area (Å²) in [4.78, 5) is 32.0. The molecule has 0 unspecified atom stereocenters. The molecular weight excluding hydrogens is 468 g/mol. The highest BCUT2D eigenvalue weighted by Gasteiger charge is 2.66. The summed E-state index contributed by atoms with van der Waals surface area (Å²) in [5, 5.41) is 4.59. The molecule has 7 atom stereocenters. The van der Waals surface area contributed by atoms with E-state index < -0.39 is 5.41 Å². The summed E-state index contributed by atoms with van der Waals surface area (Å²) in [6.45, 7) is 11.0. The van der Waals surface area contributed by atoms with Crippen LogP contribution in [0.3, 0.4) is 0 Å². The molecule has 1 amide bonds. The zero-order chi connectivity index (χ0) is 27.0. The summed E-state index contributed by atoms with van der Waals surface area (Å²) < 4.78 is 0. The van der Waals surface area contributed by atoms with Gasteiger partial charge in [-0.25, -0.2) is 0 Å². The van der Waals surface area contributed by atoms with Crippen LogP contribution in [0.25, 0.3) is 10.9 Å². The number of H-pyrrole nitrogens is 1. The second-order valence-corrected chi connectivity index (χ2v) is 11.9. The number of carbonyl (C=O) groups is 2. The van der Waals surface area contributed by atoms with Crippen molar-refractivity contribution in [3.63, 3.8) is 0 Å². The van der Waals surface area contributed by atoms with Crippen LogP contribution in [0, 0.1) is 29.1 Å². The number of nitrogens with one attached hydrogen (secondary N) is 2. The third kappa shape index (κ3) is 4.32. The molecule has 0 bridgehead atoms. The largest absolute Gasteiger partial charge is 0.361 e. The number of ketones is 1. The fourth-order valence-electron chi connectivity index (χ4n) is 7.60. The Morgan fingerprint density at radius 3 is 2.68 bits per heavy atom. The third-order valence-corrected chi connectivity index (χ3v) is 9.47. The zero-order valence-corrected chi connectivity index (χ0v) is 23.5. The van der Waals surface area contributed by atoms with Crippen molar-refractivity contribution in [1.82, 2.24) is 10.3 Å². The first-order chi connectivity index (χ1) is 18.3. The Morgan fingerprint density at radius 1 is 1.11 bits per heavy atom. The van der Waals surface area contributed by atoms with E-state index in [1.165, 1.54) is 22.1 Å². The molecule has 2 heterocycles. The Balaban J connectivity index is 1.64. The molecule has 1 aromatic heterocycles. The van der Waals surface area contributed by atoms with Crippen LogP contribution in [0.4, 0.5) is 0 Å². The van der Waals surface area contributed by atoms with E-state index >= 15 is 0 Å². The highest BCUT2D eigenvalue weighted by atomic mass is 16.2. The number of hydrogen-bond acceptors (Lipinski definition) is 2. The Hall–Kier alpha value is -3.14. The van der Waals surface area contributed by atoms with Gasteiger partial charge in [0.1, 0.15) is 5.41 Å². The molecule has 4 heteroatoms. The fraction of sp³-hybridized carbons (Fsp3) is 0.471. The fourth-order valence-corrected chi connectivity index (χ4v) is 7.60. The molecule has 2 aliphatic carbocycles. The van der Waals surface area contributed by atoms with Crippen molar-refractivity contribution in [2.24, 2.45) is 29.1 Å². The maximum absolute atomic E-state index is 14.3. The monoisotopic (exact) mass is 510 g/mol. The van der Waals surface area contributed by atoms with Gasteiger partial charge in [0.25, 0.3) is 0 Å². The Bertz CT molecular complexity index is 1340. The van der Waals surface area contributed by atoms with E-state index in [0.29, 0.717) is 5.92 Å². The van der Waals surface area contributed by atoms with Gasteiger partial charge in [0.15, 0.2) is 5.78 Å². The predicted octanol–water partition coefficient (Wildman–Crippen LogP) is 7.42. The van der Waals surface area contributed by atoms with E-state index in [2.05, 4.69) is 93.6 Å². The summed E-state index contributed by atoms with van der Waals surface area (Å²) >= 11 is 0. The molecular formula is C34H42N2O2. The lowest BCUT2D eigenvalue weighted by Crippen LogP contribution is -2.52. The van der Waals surface area contributed by atoms with E-state index in [1.54, 1.807) is 6.08 Å². The highest BCUT2D eigenvalue weighted by Crippen LogP contribution is 2.57. The quantitative estimate of drug-likeness (QED) is 0.333. The molecule has 3 aliphatic rings. The smallest absolute Gasteiger partial charge is 0.235 e. The molecule has 1 fully saturated rings. The average molecular weight is 511 g/mol. The minimum Gasteiger partial charge on any atom is -0.361 e. The number of benzene rings is 1. The van der Waals surface area contributed by atoms with Gasteiger partial charge in [0.05, 0.1) is 0 Å². The van der Waals surface area contributed by atoms with Crippen LogP contribution in [-0.2, 0) is 9.59 Å². The molecule has 2 aromatic rings. The lowest BCUT2D eigenvalue weighted by molar-refractivity contribution is -0.142. The van der Waals surface area contributed by atoms with Gasteiger partial charge in [-0.3, -0.25) is 9.59 Å². The minimum absolute atomic E-state index is 0.0422. The summed E-state index contributed by atoms with van der Waals surface area (Å²) in [7, 11) is 0. The van der Waals surface area contributed by atoms with E-state index in [-0.39, 0.29) is 41.4 Å². The maximum Gasteiger partial charge on any atom is 0.235 e. The van der Waals surface area contributed by atoms with Crippen LogP contribution >= 0.6 is 0 Å². The number of amides is 1. The molecule has 0 radical (unpaired) electrons. The molecule has 200 valence electrons. The SMILES string of the molecule is CC[C@@H]1C(C)=C[C@@H]2/C=C\C[C@H](C)/C=C(\C)CC/C=C\C(=O)[C@]23C(=O)N[C@@H]([C@H](C)c2c[nH]c4ccccc24)[C@H]13. The number of rotatable bonds is 3. The normalized spacial score (nSPS) is 35.9. The summed E-state index contributed by atoms with van der Waals surface area (Å²) in [6, 6.07) is 8.19. The van der Waals surface area contributed by atoms with E-state index in [9.17, 15) is 9.59 Å². The van der Waals surface area contributed by atoms with Crippen molar-refractivity contribution >= 4 is 22.6 Å². The van der Waals surface area contributed by atoms with Crippen LogP contribution < -0.4 is 5.32 Å². The van der Waals surface area contributed by atoms with Crippen molar-refractivity contribution in [2.75, 3.05) is 0 Å². The first kappa shape index (κ1) is 26.5. The van der Waals surface area contributed by atoms with Gasteiger partial charge in [-0.1, -0.05) is 80.5 Å². The van der Waals surface area contributed by atoms with Gasteiger partial charge >= 0.3 is 0 Å². The first-order valence-electron chi connectivity index (χ1n) is 14.4. The van der Waals surface area contributed by atoms with Crippen LogP contribution in [0.15, 0.2) is 78.1 Å². The number of aromatic nitrogens is 1. The van der Waals surface area contributed by atoms with Crippen LogP contribution in [0.2, 0.25) is 0 Å². The van der Waals surface area contributed by atoms with Crippen molar-refractivity contribution in [2.45, 2.75) is 72.3 Å². The first-order valence-corrected chi connectivity index (χ1v) is 14.4. The van der Waals surface area contributed by atoms with Crippen LogP contribution in [0.5, 0.6) is 0 Å². The number of carbonyl (C=O) groups excluding carboxylic acids is 2. The molecule has 2 N–H and O–H groups in total. The highest BCUT2D eigenvalue weighted by molar-refractivity contribution is 6.13. The minimum atomic E-state index is -1.13. The average Bonchev–Trinajstić information content (AvgIpc) is 3.46. The third-order valence-electron chi connectivity index (χ3n) is 9.47.